The highest BCUT2D eigenvalue weighted by Crippen LogP contribution is 2.44. The number of aromatic nitrogens is 3. The second-order valence-electron chi connectivity index (χ2n) is 7.06. The molecule has 1 unspecified atom stereocenters. The van der Waals surface area contributed by atoms with E-state index in [1.807, 2.05) is 11.8 Å². The molecule has 2 heterocycles. The van der Waals surface area contributed by atoms with Gasteiger partial charge in [-0.2, -0.15) is 5.10 Å². The minimum Gasteiger partial charge on any atom is -0.481 e. The van der Waals surface area contributed by atoms with Crippen LogP contribution in [0.25, 0.3) is 0 Å². The molecule has 7 nitrogen and oxygen atoms in total. The van der Waals surface area contributed by atoms with Gasteiger partial charge < -0.3 is 10.0 Å². The normalized spacial score (nSPS) is 23.3. The number of nitrogens with zero attached hydrogens (tertiary/aromatic N) is 3. The quantitative estimate of drug-likeness (QED) is 0.862. The van der Waals surface area contributed by atoms with Crippen LogP contribution >= 0.6 is 0 Å². The predicted octanol–water partition coefficient (Wildman–Crippen LogP) is 1.85. The molecule has 126 valence electrons. The van der Waals surface area contributed by atoms with Gasteiger partial charge in [-0.15, -0.1) is 0 Å². The number of aryl methyl sites for hydroxylation is 1. The van der Waals surface area contributed by atoms with E-state index < -0.39 is 5.97 Å². The molecule has 1 saturated carbocycles. The maximum absolute atomic E-state index is 12.7. The molecule has 7 heteroatoms. The van der Waals surface area contributed by atoms with Crippen molar-refractivity contribution in [3.05, 3.63) is 11.6 Å². The molecule has 2 aliphatic rings. The van der Waals surface area contributed by atoms with Crippen LogP contribution in [0.15, 0.2) is 0 Å². The smallest absolute Gasteiger partial charge is 0.303 e. The van der Waals surface area contributed by atoms with Gasteiger partial charge in [0.1, 0.15) is 5.82 Å². The summed E-state index contributed by atoms with van der Waals surface area (Å²) in [4.78, 5) is 30.0. The van der Waals surface area contributed by atoms with Gasteiger partial charge in [-0.25, -0.2) is 4.98 Å². The van der Waals surface area contributed by atoms with Gasteiger partial charge >= 0.3 is 5.97 Å². The number of aliphatic carboxylic acids is 1. The Balaban J connectivity index is 1.61. The number of H-pyrrole nitrogens is 1. The van der Waals surface area contributed by atoms with E-state index in [1.165, 1.54) is 0 Å². The van der Waals surface area contributed by atoms with Crippen molar-refractivity contribution < 1.29 is 14.7 Å². The fourth-order valence-corrected chi connectivity index (χ4v) is 4.03. The lowest BCUT2D eigenvalue weighted by atomic mass is 9.79. The fourth-order valence-electron chi connectivity index (χ4n) is 4.03. The van der Waals surface area contributed by atoms with E-state index in [4.69, 9.17) is 5.11 Å². The molecule has 1 aliphatic carbocycles. The van der Waals surface area contributed by atoms with Gasteiger partial charge in [-0.3, -0.25) is 14.7 Å². The second kappa shape index (κ2) is 6.29. The van der Waals surface area contributed by atoms with Gasteiger partial charge in [0, 0.05) is 25.4 Å². The molecule has 1 amide bonds. The molecule has 1 aromatic rings. The van der Waals surface area contributed by atoms with Crippen molar-refractivity contribution in [1.82, 2.24) is 20.1 Å². The highest BCUT2D eigenvalue weighted by Gasteiger charge is 2.40. The first-order valence-corrected chi connectivity index (χ1v) is 8.36. The fraction of sp³-hybridized carbons (Fsp3) is 0.750. The average Bonchev–Trinajstić information content (AvgIpc) is 3.18. The summed E-state index contributed by atoms with van der Waals surface area (Å²) in [6, 6.07) is 0. The minimum absolute atomic E-state index is 0.0860. The molecular formula is C16H24N4O3. The summed E-state index contributed by atoms with van der Waals surface area (Å²) in [5.41, 5.74) is -0.331. The van der Waals surface area contributed by atoms with Crippen LogP contribution in [0.2, 0.25) is 0 Å². The van der Waals surface area contributed by atoms with E-state index in [-0.39, 0.29) is 23.7 Å². The number of carbonyl (C=O) groups excluding carboxylic acids is 1. The van der Waals surface area contributed by atoms with Crippen LogP contribution in [0, 0.1) is 12.3 Å². The lowest BCUT2D eigenvalue weighted by molar-refractivity contribution is -0.141. The molecule has 1 saturated heterocycles. The molecule has 2 fully saturated rings. The molecule has 23 heavy (non-hydrogen) atoms. The first kappa shape index (κ1) is 16.0. The number of hydrogen-bond acceptors (Lipinski definition) is 4. The molecule has 0 bridgehead atoms. The van der Waals surface area contributed by atoms with E-state index in [1.54, 1.807) is 0 Å². The maximum Gasteiger partial charge on any atom is 0.303 e. The zero-order valence-corrected chi connectivity index (χ0v) is 13.5. The lowest BCUT2D eigenvalue weighted by Gasteiger charge is -2.29. The SMILES string of the molecule is Cc1nc(C2CCN(C(=O)CC3(CC(=O)O)CCCC3)C2)n[nH]1. The van der Waals surface area contributed by atoms with Crippen LogP contribution in [0.5, 0.6) is 0 Å². The molecular weight excluding hydrogens is 296 g/mol. The van der Waals surface area contributed by atoms with Crippen molar-refractivity contribution in [3.8, 4) is 0 Å². The third kappa shape index (κ3) is 3.54. The van der Waals surface area contributed by atoms with Crippen molar-refractivity contribution in [1.29, 1.82) is 0 Å². The molecule has 1 aliphatic heterocycles. The van der Waals surface area contributed by atoms with Crippen molar-refractivity contribution in [2.24, 2.45) is 5.41 Å². The highest BCUT2D eigenvalue weighted by molar-refractivity contribution is 5.78. The molecule has 1 aromatic heterocycles. The zero-order valence-electron chi connectivity index (χ0n) is 13.5. The third-order valence-corrected chi connectivity index (χ3v) is 5.24. The Morgan fingerprint density at radius 1 is 1.35 bits per heavy atom. The average molecular weight is 320 g/mol. The van der Waals surface area contributed by atoms with E-state index in [0.717, 1.165) is 43.8 Å². The summed E-state index contributed by atoms with van der Waals surface area (Å²) < 4.78 is 0. The van der Waals surface area contributed by atoms with E-state index in [0.29, 0.717) is 19.5 Å². The number of rotatable bonds is 5. The van der Waals surface area contributed by atoms with Crippen LogP contribution in [0.4, 0.5) is 0 Å². The number of carbonyl (C=O) groups is 2. The summed E-state index contributed by atoms with van der Waals surface area (Å²) in [6.45, 7) is 3.21. The summed E-state index contributed by atoms with van der Waals surface area (Å²) in [5, 5.41) is 16.2. The second-order valence-corrected chi connectivity index (χ2v) is 7.06. The highest BCUT2D eigenvalue weighted by atomic mass is 16.4. The Labute approximate surface area is 135 Å². The van der Waals surface area contributed by atoms with Gasteiger partial charge in [0.05, 0.1) is 6.42 Å². The number of carboxylic acid groups (broad SMARTS) is 1. The molecule has 0 spiro atoms. The number of carboxylic acids is 1. The van der Waals surface area contributed by atoms with Crippen LogP contribution in [-0.4, -0.2) is 50.2 Å². The third-order valence-electron chi connectivity index (χ3n) is 5.24. The van der Waals surface area contributed by atoms with E-state index in [2.05, 4.69) is 15.2 Å². The van der Waals surface area contributed by atoms with Crippen molar-refractivity contribution >= 4 is 11.9 Å². The van der Waals surface area contributed by atoms with Crippen LogP contribution in [0.1, 0.15) is 62.5 Å². The summed E-state index contributed by atoms with van der Waals surface area (Å²) in [6.07, 6.45) is 5.09. The molecule has 0 aromatic carbocycles. The van der Waals surface area contributed by atoms with Gasteiger partial charge in [0.25, 0.3) is 0 Å². The Morgan fingerprint density at radius 2 is 2.09 bits per heavy atom. The number of hydrogen-bond donors (Lipinski definition) is 2. The molecule has 2 N–H and O–H groups in total. The van der Waals surface area contributed by atoms with Crippen molar-refractivity contribution in [2.45, 2.75) is 57.8 Å². The van der Waals surface area contributed by atoms with Gasteiger partial charge in [-0.05, 0) is 31.6 Å². The topological polar surface area (TPSA) is 99.2 Å². The first-order chi connectivity index (χ1) is 11.0. The van der Waals surface area contributed by atoms with E-state index >= 15 is 0 Å². The number of aromatic amines is 1. The summed E-state index contributed by atoms with van der Waals surface area (Å²) in [7, 11) is 0. The van der Waals surface area contributed by atoms with Gasteiger partial charge in [0.2, 0.25) is 5.91 Å². The van der Waals surface area contributed by atoms with Crippen molar-refractivity contribution in [2.75, 3.05) is 13.1 Å². The predicted molar refractivity (Wildman–Crippen MR) is 82.8 cm³/mol. The van der Waals surface area contributed by atoms with Crippen LogP contribution < -0.4 is 0 Å². The van der Waals surface area contributed by atoms with Gasteiger partial charge in [0.15, 0.2) is 5.82 Å². The van der Waals surface area contributed by atoms with Crippen LogP contribution in [0.3, 0.4) is 0 Å². The largest absolute Gasteiger partial charge is 0.481 e. The van der Waals surface area contributed by atoms with Crippen molar-refractivity contribution in [3.63, 3.8) is 0 Å². The van der Waals surface area contributed by atoms with Gasteiger partial charge in [-0.1, -0.05) is 12.8 Å². The first-order valence-electron chi connectivity index (χ1n) is 8.36. The Hall–Kier alpha value is -1.92. The van der Waals surface area contributed by atoms with Crippen LogP contribution in [-0.2, 0) is 9.59 Å². The summed E-state index contributed by atoms with van der Waals surface area (Å²) >= 11 is 0. The zero-order chi connectivity index (χ0) is 16.4. The minimum atomic E-state index is -0.796. The maximum atomic E-state index is 12.7. The Morgan fingerprint density at radius 3 is 2.70 bits per heavy atom. The number of nitrogens with one attached hydrogen (secondary N) is 1. The Bertz CT molecular complexity index is 592. The number of amides is 1. The monoisotopic (exact) mass is 320 g/mol. The van der Waals surface area contributed by atoms with E-state index in [9.17, 15) is 9.59 Å². The lowest BCUT2D eigenvalue weighted by Crippen LogP contribution is -2.34. The number of likely N-dealkylation sites (tertiary alicyclic amines) is 1. The molecule has 3 rings (SSSR count). The standard InChI is InChI=1S/C16H24N4O3/c1-11-17-15(19-18-11)12-4-7-20(10-12)13(21)8-16(9-14(22)23)5-2-3-6-16/h12H,2-10H2,1H3,(H,22,23)(H,17,18,19). The molecule has 1 atom stereocenters. The summed E-state index contributed by atoms with van der Waals surface area (Å²) in [5.74, 6) is 1.04. The Kier molecular flexibility index (Phi) is 4.37. The molecule has 0 radical (unpaired) electrons.